The Balaban J connectivity index is 1.52. The number of hydrazine groups is 2. The maximum Gasteiger partial charge on any atom is 0.271 e. The van der Waals surface area contributed by atoms with Gasteiger partial charge in [-0.3, -0.25) is 10.3 Å². The van der Waals surface area contributed by atoms with E-state index in [1.165, 1.54) is 38.8 Å². The minimum atomic E-state index is -0.468. The Hall–Kier alpha value is -0.320. The van der Waals surface area contributed by atoms with Gasteiger partial charge in [0, 0.05) is 52.4 Å². The van der Waals surface area contributed by atoms with Crippen molar-refractivity contribution < 1.29 is 4.74 Å². The first-order chi connectivity index (χ1) is 11.9. The summed E-state index contributed by atoms with van der Waals surface area (Å²) in [5.41, 5.74) is 3.62. The van der Waals surface area contributed by atoms with E-state index in [1.54, 1.807) is 0 Å². The highest BCUT2D eigenvalue weighted by Crippen LogP contribution is 2.40. The van der Waals surface area contributed by atoms with Crippen LogP contribution in [0.5, 0.6) is 0 Å². The van der Waals surface area contributed by atoms with Gasteiger partial charge in [-0.2, -0.15) is 10.0 Å². The lowest BCUT2D eigenvalue weighted by molar-refractivity contribution is -0.343. The van der Waals surface area contributed by atoms with E-state index >= 15 is 0 Å². The average Bonchev–Trinajstić information content (AvgIpc) is 3.31. The van der Waals surface area contributed by atoms with Crippen LogP contribution in [0.15, 0.2) is 0 Å². The van der Waals surface area contributed by atoms with Crippen molar-refractivity contribution in [3.63, 3.8) is 0 Å². The summed E-state index contributed by atoms with van der Waals surface area (Å²) in [4.78, 5) is 5.09. The zero-order valence-corrected chi connectivity index (χ0v) is 14.6. The molecule has 0 amide bonds. The van der Waals surface area contributed by atoms with Crippen LogP contribution in [0.25, 0.3) is 0 Å². The molecule has 0 saturated carbocycles. The van der Waals surface area contributed by atoms with Gasteiger partial charge in [0.25, 0.3) is 5.97 Å². The molecular formula is C16H31N7O. The topological polar surface area (TPSA) is 49.5 Å². The van der Waals surface area contributed by atoms with Crippen molar-refractivity contribution in [3.8, 4) is 0 Å². The maximum absolute atomic E-state index is 6.69. The zero-order chi connectivity index (χ0) is 16.0. The number of hydrogen-bond acceptors (Lipinski definition) is 8. The smallest absolute Gasteiger partial charge is 0.271 e. The largest absolute Gasteiger partial charge is 0.329 e. The Morgan fingerprint density at radius 3 is 2.38 bits per heavy atom. The number of rotatable bonds is 4. The molecule has 5 rings (SSSR count). The molecule has 2 atom stereocenters. The fourth-order valence-electron chi connectivity index (χ4n) is 4.85. The highest BCUT2D eigenvalue weighted by molar-refractivity contribution is 4.95. The summed E-state index contributed by atoms with van der Waals surface area (Å²) < 4.78 is 6.69. The summed E-state index contributed by atoms with van der Waals surface area (Å²) in [5.74, 6) is -0.468. The van der Waals surface area contributed by atoms with Crippen LogP contribution in [0.2, 0.25) is 0 Å². The van der Waals surface area contributed by atoms with Gasteiger partial charge in [-0.25, -0.2) is 9.91 Å². The van der Waals surface area contributed by atoms with E-state index in [-0.39, 0.29) is 0 Å². The van der Waals surface area contributed by atoms with Crippen LogP contribution in [0.1, 0.15) is 25.7 Å². The lowest BCUT2D eigenvalue weighted by atomic mass is 10.2. The molecule has 0 aromatic heterocycles. The van der Waals surface area contributed by atoms with Crippen molar-refractivity contribution in [1.29, 1.82) is 0 Å². The molecule has 0 spiro atoms. The van der Waals surface area contributed by atoms with Gasteiger partial charge in [0.15, 0.2) is 0 Å². The maximum atomic E-state index is 6.69. The Bertz CT molecular complexity index is 426. The van der Waals surface area contributed by atoms with Crippen molar-refractivity contribution in [2.24, 2.45) is 0 Å². The SMILES string of the molecule is C1CN(C2COC(N3CCNC3)(N3CCCN3)N2N2CCCC2)C1. The molecule has 8 heteroatoms. The fourth-order valence-corrected chi connectivity index (χ4v) is 4.85. The van der Waals surface area contributed by atoms with Crippen molar-refractivity contribution in [2.75, 3.05) is 65.6 Å². The molecule has 5 saturated heterocycles. The van der Waals surface area contributed by atoms with Crippen LogP contribution in [-0.2, 0) is 4.74 Å². The molecule has 5 fully saturated rings. The fraction of sp³-hybridized carbons (Fsp3) is 1.00. The molecule has 0 aromatic carbocycles. The summed E-state index contributed by atoms with van der Waals surface area (Å²) in [6.45, 7) is 10.6. The molecule has 0 bridgehead atoms. The first-order valence-corrected chi connectivity index (χ1v) is 9.79. The normalized spacial score (nSPS) is 40.8. The molecule has 24 heavy (non-hydrogen) atoms. The molecule has 5 aliphatic rings. The van der Waals surface area contributed by atoms with Crippen LogP contribution < -0.4 is 10.7 Å². The highest BCUT2D eigenvalue weighted by atomic mass is 16.6. The molecule has 136 valence electrons. The zero-order valence-electron chi connectivity index (χ0n) is 14.6. The molecule has 0 radical (unpaired) electrons. The summed E-state index contributed by atoms with van der Waals surface area (Å²) >= 11 is 0. The third-order valence-corrected chi connectivity index (χ3v) is 6.19. The van der Waals surface area contributed by atoms with Crippen LogP contribution in [0.3, 0.4) is 0 Å². The third-order valence-electron chi connectivity index (χ3n) is 6.19. The number of nitrogens with zero attached hydrogens (tertiary/aromatic N) is 5. The van der Waals surface area contributed by atoms with Crippen molar-refractivity contribution in [1.82, 2.24) is 35.6 Å². The number of hydrogen-bond donors (Lipinski definition) is 2. The first-order valence-electron chi connectivity index (χ1n) is 9.79. The van der Waals surface area contributed by atoms with Crippen molar-refractivity contribution in [3.05, 3.63) is 0 Å². The Morgan fingerprint density at radius 1 is 0.875 bits per heavy atom. The lowest BCUT2D eigenvalue weighted by Crippen LogP contribution is -2.75. The Morgan fingerprint density at radius 2 is 1.75 bits per heavy atom. The molecule has 2 N–H and O–H groups in total. The third kappa shape index (κ3) is 2.36. The second-order valence-corrected chi connectivity index (χ2v) is 7.60. The van der Waals surface area contributed by atoms with Gasteiger partial charge in [0.2, 0.25) is 0 Å². The van der Waals surface area contributed by atoms with Gasteiger partial charge in [-0.1, -0.05) is 0 Å². The molecule has 0 aromatic rings. The van der Waals surface area contributed by atoms with E-state index < -0.39 is 5.97 Å². The Labute approximate surface area is 144 Å². The van der Waals surface area contributed by atoms with Gasteiger partial charge in [-0.05, 0) is 25.7 Å². The van der Waals surface area contributed by atoms with Gasteiger partial charge in [-0.15, -0.1) is 0 Å². The quantitative estimate of drug-likeness (QED) is 0.681. The van der Waals surface area contributed by atoms with E-state index in [0.29, 0.717) is 6.17 Å². The average molecular weight is 337 g/mol. The van der Waals surface area contributed by atoms with E-state index in [4.69, 9.17) is 4.74 Å². The Kier molecular flexibility index (Phi) is 4.27. The summed E-state index contributed by atoms with van der Waals surface area (Å²) in [5, 5.41) is 11.1. The number of ether oxygens (including phenoxy) is 1. The first kappa shape index (κ1) is 15.9. The molecule has 5 aliphatic heterocycles. The molecule has 2 unspecified atom stereocenters. The standard InChI is InChI=1S/C16H31N7O/c1-2-10-21(9-1)23-15(19-7-4-8-19)13-24-16(23,20-12-6-17-14-20)22-11-3-5-18-22/h15,17-18H,1-14H2. The minimum absolute atomic E-state index is 0.375. The monoisotopic (exact) mass is 337 g/mol. The van der Waals surface area contributed by atoms with Gasteiger partial charge in [0.1, 0.15) is 6.17 Å². The van der Waals surface area contributed by atoms with E-state index in [9.17, 15) is 0 Å². The van der Waals surface area contributed by atoms with Gasteiger partial charge >= 0.3 is 0 Å². The summed E-state index contributed by atoms with van der Waals surface area (Å²) in [7, 11) is 0. The number of nitrogens with one attached hydrogen (secondary N) is 2. The summed E-state index contributed by atoms with van der Waals surface area (Å²) in [6.07, 6.45) is 5.48. The second kappa shape index (κ2) is 6.44. The molecule has 5 heterocycles. The predicted octanol–water partition coefficient (Wildman–Crippen LogP) is -0.954. The van der Waals surface area contributed by atoms with Gasteiger partial charge < -0.3 is 10.1 Å². The van der Waals surface area contributed by atoms with Crippen molar-refractivity contribution >= 4 is 0 Å². The lowest BCUT2D eigenvalue weighted by Gasteiger charge is -2.53. The molecule has 8 nitrogen and oxygen atoms in total. The van der Waals surface area contributed by atoms with Crippen molar-refractivity contribution in [2.45, 2.75) is 37.8 Å². The minimum Gasteiger partial charge on any atom is -0.329 e. The number of likely N-dealkylation sites (tertiary alicyclic amines) is 1. The van der Waals surface area contributed by atoms with E-state index in [0.717, 1.165) is 52.5 Å². The molecule has 0 aliphatic carbocycles. The van der Waals surface area contributed by atoms with Gasteiger partial charge in [0.05, 0.1) is 13.3 Å². The highest BCUT2D eigenvalue weighted by Gasteiger charge is 2.61. The summed E-state index contributed by atoms with van der Waals surface area (Å²) in [6, 6.07) is 0. The van der Waals surface area contributed by atoms with Crippen LogP contribution in [0, 0.1) is 0 Å². The van der Waals surface area contributed by atoms with Crippen LogP contribution in [0.4, 0.5) is 0 Å². The van der Waals surface area contributed by atoms with Crippen LogP contribution >= 0.6 is 0 Å². The predicted molar refractivity (Wildman–Crippen MR) is 90.2 cm³/mol. The molecular weight excluding hydrogens is 306 g/mol. The van der Waals surface area contributed by atoms with E-state index in [2.05, 4.69) is 35.6 Å². The second-order valence-electron chi connectivity index (χ2n) is 7.60. The van der Waals surface area contributed by atoms with Crippen LogP contribution in [-0.4, -0.2) is 103 Å². The van der Waals surface area contributed by atoms with E-state index in [1.807, 2.05) is 0 Å².